The number of likely N-dealkylation sites (N-methyl/N-ethyl adjacent to an activating group) is 1. The second-order valence-electron chi connectivity index (χ2n) is 5.24. The van der Waals surface area contributed by atoms with Crippen LogP contribution in [-0.4, -0.2) is 33.0 Å². The molecule has 2 aromatic rings. The van der Waals surface area contributed by atoms with Crippen molar-refractivity contribution in [2.24, 2.45) is 0 Å². The predicted molar refractivity (Wildman–Crippen MR) is 77.2 cm³/mol. The Balaban J connectivity index is 2.08. The molecule has 1 aromatic heterocycles. The number of carbonyl (C=O) groups is 1. The minimum atomic E-state index is 0.0800. The number of benzene rings is 1. The summed E-state index contributed by atoms with van der Waals surface area (Å²) in [6.07, 6.45) is 1.87. The number of hydrogen-bond acceptors (Lipinski definition) is 3. The van der Waals surface area contributed by atoms with Crippen molar-refractivity contribution in [2.75, 3.05) is 7.05 Å². The van der Waals surface area contributed by atoms with Gasteiger partial charge in [-0.05, 0) is 37.5 Å². The lowest BCUT2D eigenvalue weighted by atomic mass is 9.97. The Labute approximate surface area is 119 Å². The van der Waals surface area contributed by atoms with E-state index in [4.69, 9.17) is 0 Å². The summed E-state index contributed by atoms with van der Waals surface area (Å²) in [5.74, 6) is 0.773. The van der Waals surface area contributed by atoms with Crippen molar-refractivity contribution < 1.29 is 4.79 Å². The van der Waals surface area contributed by atoms with Crippen LogP contribution in [0.5, 0.6) is 0 Å². The van der Waals surface area contributed by atoms with Gasteiger partial charge < -0.3 is 4.90 Å². The second-order valence-corrected chi connectivity index (χ2v) is 5.24. The Morgan fingerprint density at radius 1 is 1.25 bits per heavy atom. The molecule has 0 radical (unpaired) electrons. The van der Waals surface area contributed by atoms with Crippen LogP contribution in [-0.2, 0) is 17.8 Å². The zero-order valence-corrected chi connectivity index (χ0v) is 12.4. The highest BCUT2D eigenvalue weighted by molar-refractivity contribution is 5.79. The third kappa shape index (κ3) is 3.23. The van der Waals surface area contributed by atoms with Crippen LogP contribution in [0, 0.1) is 20.8 Å². The topological polar surface area (TPSA) is 61.9 Å². The Hall–Kier alpha value is -2.17. The summed E-state index contributed by atoms with van der Waals surface area (Å²) in [4.78, 5) is 18.0. The molecular weight excluding hydrogens is 252 g/mol. The van der Waals surface area contributed by atoms with Gasteiger partial charge in [-0.1, -0.05) is 17.7 Å². The van der Waals surface area contributed by atoms with Crippen LogP contribution in [0.25, 0.3) is 0 Å². The van der Waals surface area contributed by atoms with E-state index in [1.54, 1.807) is 11.9 Å². The summed E-state index contributed by atoms with van der Waals surface area (Å²) in [5.41, 5.74) is 4.68. The zero-order chi connectivity index (χ0) is 14.7. The van der Waals surface area contributed by atoms with Crippen LogP contribution in [0.1, 0.15) is 28.1 Å². The van der Waals surface area contributed by atoms with E-state index in [9.17, 15) is 4.79 Å². The molecule has 1 amide bonds. The highest BCUT2D eigenvalue weighted by Gasteiger charge is 2.14. The molecule has 2 rings (SSSR count). The van der Waals surface area contributed by atoms with E-state index in [1.807, 2.05) is 0 Å². The summed E-state index contributed by atoms with van der Waals surface area (Å²) in [6.45, 7) is 6.63. The Morgan fingerprint density at radius 3 is 2.45 bits per heavy atom. The van der Waals surface area contributed by atoms with Gasteiger partial charge in [0.2, 0.25) is 5.91 Å². The first-order chi connectivity index (χ1) is 9.47. The Morgan fingerprint density at radius 2 is 1.90 bits per heavy atom. The van der Waals surface area contributed by atoms with E-state index in [0.29, 0.717) is 18.8 Å². The van der Waals surface area contributed by atoms with E-state index in [0.717, 1.165) is 5.56 Å². The number of rotatable bonds is 4. The fourth-order valence-corrected chi connectivity index (χ4v) is 2.39. The minimum absolute atomic E-state index is 0.0800. The van der Waals surface area contributed by atoms with Crippen molar-refractivity contribution in [3.05, 3.63) is 46.5 Å². The third-order valence-electron chi connectivity index (χ3n) is 3.45. The molecule has 20 heavy (non-hydrogen) atoms. The maximum atomic E-state index is 12.3. The largest absolute Gasteiger partial charge is 0.338 e. The van der Waals surface area contributed by atoms with Crippen molar-refractivity contribution >= 4 is 5.91 Å². The Kier molecular flexibility index (Phi) is 4.17. The summed E-state index contributed by atoms with van der Waals surface area (Å²) in [6, 6.07) is 4.23. The molecule has 5 heteroatoms. The predicted octanol–water partition coefficient (Wildman–Crippen LogP) is 1.93. The molecule has 0 unspecified atom stereocenters. The molecular formula is C15H20N4O. The summed E-state index contributed by atoms with van der Waals surface area (Å²) in [5, 5.41) is 6.54. The summed E-state index contributed by atoms with van der Waals surface area (Å²) in [7, 11) is 1.78. The van der Waals surface area contributed by atoms with E-state index < -0.39 is 0 Å². The molecule has 0 bridgehead atoms. The van der Waals surface area contributed by atoms with E-state index >= 15 is 0 Å². The summed E-state index contributed by atoms with van der Waals surface area (Å²) >= 11 is 0. The van der Waals surface area contributed by atoms with Crippen LogP contribution >= 0.6 is 0 Å². The lowest BCUT2D eigenvalue weighted by Gasteiger charge is -2.17. The Bertz CT molecular complexity index is 581. The fraction of sp³-hybridized carbons (Fsp3) is 0.400. The van der Waals surface area contributed by atoms with Crippen LogP contribution in [0.2, 0.25) is 0 Å². The van der Waals surface area contributed by atoms with Gasteiger partial charge >= 0.3 is 0 Å². The first-order valence-electron chi connectivity index (χ1n) is 6.62. The lowest BCUT2D eigenvalue weighted by Crippen LogP contribution is -2.28. The molecule has 0 saturated carbocycles. The van der Waals surface area contributed by atoms with Crippen molar-refractivity contribution in [1.29, 1.82) is 0 Å². The van der Waals surface area contributed by atoms with Gasteiger partial charge in [0.1, 0.15) is 12.2 Å². The monoisotopic (exact) mass is 272 g/mol. The number of amides is 1. The third-order valence-corrected chi connectivity index (χ3v) is 3.45. The van der Waals surface area contributed by atoms with Gasteiger partial charge in [0.05, 0.1) is 13.0 Å². The molecule has 1 heterocycles. The number of aryl methyl sites for hydroxylation is 3. The second kappa shape index (κ2) is 5.86. The SMILES string of the molecule is Cc1cc(C)c(CC(=O)N(C)Cc2ncn[nH]2)c(C)c1. The normalized spacial score (nSPS) is 10.6. The molecule has 1 N–H and O–H groups in total. The molecule has 0 saturated heterocycles. The van der Waals surface area contributed by atoms with Gasteiger partial charge in [-0.2, -0.15) is 5.10 Å². The van der Waals surface area contributed by atoms with Gasteiger partial charge in [-0.25, -0.2) is 4.98 Å². The smallest absolute Gasteiger partial charge is 0.227 e. The van der Waals surface area contributed by atoms with E-state index in [1.165, 1.54) is 23.0 Å². The van der Waals surface area contributed by atoms with Gasteiger partial charge in [0.15, 0.2) is 0 Å². The number of aromatic amines is 1. The van der Waals surface area contributed by atoms with E-state index in [-0.39, 0.29) is 5.91 Å². The average molecular weight is 272 g/mol. The van der Waals surface area contributed by atoms with Crippen LogP contribution in [0.15, 0.2) is 18.5 Å². The maximum Gasteiger partial charge on any atom is 0.227 e. The first-order valence-corrected chi connectivity index (χ1v) is 6.62. The number of H-pyrrole nitrogens is 1. The maximum absolute atomic E-state index is 12.3. The standard InChI is InChI=1S/C15H20N4O/c1-10-5-11(2)13(12(3)6-10)7-15(20)19(4)8-14-16-9-17-18-14/h5-6,9H,7-8H2,1-4H3,(H,16,17,18). The van der Waals surface area contributed by atoms with Gasteiger partial charge in [0.25, 0.3) is 0 Å². The highest BCUT2D eigenvalue weighted by atomic mass is 16.2. The number of nitrogens with one attached hydrogen (secondary N) is 1. The fourth-order valence-electron chi connectivity index (χ4n) is 2.39. The number of carbonyl (C=O) groups excluding carboxylic acids is 1. The van der Waals surface area contributed by atoms with Crippen molar-refractivity contribution in [3.63, 3.8) is 0 Å². The molecule has 0 aliphatic carbocycles. The molecule has 0 atom stereocenters. The zero-order valence-electron chi connectivity index (χ0n) is 12.4. The highest BCUT2D eigenvalue weighted by Crippen LogP contribution is 2.17. The molecule has 5 nitrogen and oxygen atoms in total. The van der Waals surface area contributed by atoms with Gasteiger partial charge in [0, 0.05) is 7.05 Å². The van der Waals surface area contributed by atoms with Crippen molar-refractivity contribution in [2.45, 2.75) is 33.7 Å². The average Bonchev–Trinajstić information content (AvgIpc) is 2.86. The minimum Gasteiger partial charge on any atom is -0.338 e. The quantitative estimate of drug-likeness (QED) is 0.925. The molecule has 1 aromatic carbocycles. The van der Waals surface area contributed by atoms with Gasteiger partial charge in [-0.3, -0.25) is 9.89 Å². The number of hydrogen-bond donors (Lipinski definition) is 1. The van der Waals surface area contributed by atoms with Crippen molar-refractivity contribution in [3.8, 4) is 0 Å². The number of aromatic nitrogens is 3. The van der Waals surface area contributed by atoms with Crippen LogP contribution in [0.3, 0.4) is 0 Å². The van der Waals surface area contributed by atoms with Crippen LogP contribution < -0.4 is 0 Å². The number of nitrogens with zero attached hydrogens (tertiary/aromatic N) is 3. The molecule has 0 aliphatic heterocycles. The lowest BCUT2D eigenvalue weighted by molar-refractivity contribution is -0.129. The van der Waals surface area contributed by atoms with Gasteiger partial charge in [-0.15, -0.1) is 0 Å². The van der Waals surface area contributed by atoms with Crippen LogP contribution in [0.4, 0.5) is 0 Å². The van der Waals surface area contributed by atoms with E-state index in [2.05, 4.69) is 48.1 Å². The molecule has 106 valence electrons. The molecule has 0 spiro atoms. The van der Waals surface area contributed by atoms with Crippen molar-refractivity contribution in [1.82, 2.24) is 20.1 Å². The molecule has 0 aliphatic rings. The molecule has 0 fully saturated rings. The first kappa shape index (κ1) is 14.2. The summed E-state index contributed by atoms with van der Waals surface area (Å²) < 4.78 is 0.